The Hall–Kier alpha value is -2.74. The molecule has 0 bridgehead atoms. The normalized spacial score (nSPS) is 10.2. The fraction of sp³-hybridized carbons (Fsp3) is 0.200. The standard InChI is InChI=1S/C15H13NO6S/c1-9-3-6-14(23-9)12(17)8-22-15(18)10-4-5-13(21-2)11(7-10)16(19)20/h3-7H,8H2,1-2H3. The Bertz CT molecular complexity index is 767. The van der Waals surface area contributed by atoms with Crippen molar-refractivity contribution in [3.05, 3.63) is 55.8 Å². The van der Waals surface area contributed by atoms with Crippen LogP contribution in [0.5, 0.6) is 5.75 Å². The van der Waals surface area contributed by atoms with Crippen LogP contribution < -0.4 is 4.74 Å². The van der Waals surface area contributed by atoms with Gasteiger partial charge < -0.3 is 9.47 Å². The Labute approximate surface area is 135 Å². The highest BCUT2D eigenvalue weighted by molar-refractivity contribution is 7.14. The highest BCUT2D eigenvalue weighted by Crippen LogP contribution is 2.27. The predicted octanol–water partition coefficient (Wildman–Crippen LogP) is 3.01. The van der Waals surface area contributed by atoms with E-state index in [-0.39, 0.29) is 22.8 Å². The Morgan fingerprint density at radius 2 is 2.00 bits per heavy atom. The number of benzene rings is 1. The second-order valence-electron chi connectivity index (χ2n) is 4.55. The fourth-order valence-corrected chi connectivity index (χ4v) is 2.62. The third-order valence-electron chi connectivity index (χ3n) is 2.96. The van der Waals surface area contributed by atoms with Crippen molar-refractivity contribution in [2.24, 2.45) is 0 Å². The summed E-state index contributed by atoms with van der Waals surface area (Å²) in [6, 6.07) is 7.16. The maximum absolute atomic E-state index is 11.9. The largest absolute Gasteiger partial charge is 0.490 e. The zero-order valence-corrected chi connectivity index (χ0v) is 13.2. The summed E-state index contributed by atoms with van der Waals surface area (Å²) >= 11 is 1.31. The molecule has 8 heteroatoms. The summed E-state index contributed by atoms with van der Waals surface area (Å²) in [6.07, 6.45) is 0. The lowest BCUT2D eigenvalue weighted by Gasteiger charge is -2.05. The number of carbonyl (C=O) groups excluding carboxylic acids is 2. The fourth-order valence-electron chi connectivity index (χ4n) is 1.83. The number of methoxy groups -OCH3 is 1. The quantitative estimate of drug-likeness (QED) is 0.348. The molecule has 0 saturated heterocycles. The number of hydrogen-bond acceptors (Lipinski definition) is 7. The molecule has 2 aromatic rings. The molecule has 1 heterocycles. The zero-order valence-electron chi connectivity index (χ0n) is 12.4. The van der Waals surface area contributed by atoms with Crippen LogP contribution in [0.3, 0.4) is 0 Å². The first-order valence-corrected chi connectivity index (χ1v) is 7.33. The van der Waals surface area contributed by atoms with Crippen LogP contribution >= 0.6 is 11.3 Å². The number of aryl methyl sites for hydroxylation is 1. The smallest absolute Gasteiger partial charge is 0.338 e. The van der Waals surface area contributed by atoms with Gasteiger partial charge in [0.05, 0.1) is 22.5 Å². The van der Waals surface area contributed by atoms with Crippen molar-refractivity contribution >= 4 is 28.8 Å². The van der Waals surface area contributed by atoms with Crippen molar-refractivity contribution in [1.82, 2.24) is 0 Å². The van der Waals surface area contributed by atoms with Gasteiger partial charge in [-0.1, -0.05) is 0 Å². The molecule has 0 aliphatic rings. The number of nitrogens with zero attached hydrogens (tertiary/aromatic N) is 1. The van der Waals surface area contributed by atoms with Crippen LogP contribution in [0.25, 0.3) is 0 Å². The summed E-state index contributed by atoms with van der Waals surface area (Å²) in [7, 11) is 1.29. The number of rotatable bonds is 6. The van der Waals surface area contributed by atoms with Crippen LogP contribution in [-0.4, -0.2) is 30.4 Å². The molecule has 0 spiro atoms. The molecule has 0 aliphatic carbocycles. The van der Waals surface area contributed by atoms with Crippen molar-refractivity contribution in [3.63, 3.8) is 0 Å². The number of nitro groups is 1. The lowest BCUT2D eigenvalue weighted by molar-refractivity contribution is -0.385. The van der Waals surface area contributed by atoms with Crippen LogP contribution in [0.2, 0.25) is 0 Å². The molecule has 2 rings (SSSR count). The molecule has 0 fully saturated rings. The number of ether oxygens (including phenoxy) is 2. The van der Waals surface area contributed by atoms with E-state index in [2.05, 4.69) is 0 Å². The van der Waals surface area contributed by atoms with E-state index in [1.807, 2.05) is 6.92 Å². The van der Waals surface area contributed by atoms with Gasteiger partial charge in [-0.05, 0) is 31.2 Å². The van der Waals surface area contributed by atoms with E-state index in [1.165, 1.54) is 30.6 Å². The van der Waals surface area contributed by atoms with E-state index < -0.39 is 17.5 Å². The van der Waals surface area contributed by atoms with Gasteiger partial charge in [0.1, 0.15) is 0 Å². The van der Waals surface area contributed by atoms with E-state index in [9.17, 15) is 19.7 Å². The molecule has 1 aromatic carbocycles. The molecule has 1 aromatic heterocycles. The Kier molecular flexibility index (Phi) is 5.07. The van der Waals surface area contributed by atoms with Crippen LogP contribution in [0.15, 0.2) is 30.3 Å². The number of ketones is 1. The Balaban J connectivity index is 2.07. The molecule has 0 atom stereocenters. The number of carbonyl (C=O) groups is 2. The van der Waals surface area contributed by atoms with Crippen LogP contribution in [0, 0.1) is 17.0 Å². The Morgan fingerprint density at radius 1 is 1.26 bits per heavy atom. The molecule has 7 nitrogen and oxygen atoms in total. The Morgan fingerprint density at radius 3 is 2.57 bits per heavy atom. The third-order valence-corrected chi connectivity index (χ3v) is 4.00. The SMILES string of the molecule is COc1ccc(C(=O)OCC(=O)c2ccc(C)s2)cc1[N+](=O)[O-]. The molecule has 0 saturated carbocycles. The van der Waals surface area contributed by atoms with Gasteiger partial charge in [-0.25, -0.2) is 4.79 Å². The summed E-state index contributed by atoms with van der Waals surface area (Å²) < 4.78 is 9.77. The number of nitro benzene ring substituents is 1. The van der Waals surface area contributed by atoms with E-state index in [0.717, 1.165) is 10.9 Å². The maximum atomic E-state index is 11.9. The molecule has 0 radical (unpaired) electrons. The lowest BCUT2D eigenvalue weighted by atomic mass is 10.2. The van der Waals surface area contributed by atoms with Gasteiger partial charge in [0.2, 0.25) is 5.78 Å². The summed E-state index contributed by atoms with van der Waals surface area (Å²) in [5.41, 5.74) is -0.366. The average Bonchev–Trinajstić information content (AvgIpc) is 2.98. The molecular weight excluding hydrogens is 322 g/mol. The maximum Gasteiger partial charge on any atom is 0.338 e. The first kappa shape index (κ1) is 16.6. The van der Waals surface area contributed by atoms with Gasteiger partial charge >= 0.3 is 11.7 Å². The average molecular weight is 335 g/mol. The molecule has 0 unspecified atom stereocenters. The molecule has 0 N–H and O–H groups in total. The van der Waals surface area contributed by atoms with Crippen molar-refractivity contribution in [3.8, 4) is 5.75 Å². The summed E-state index contributed by atoms with van der Waals surface area (Å²) in [5, 5.41) is 10.9. The highest BCUT2D eigenvalue weighted by atomic mass is 32.1. The van der Waals surface area contributed by atoms with E-state index >= 15 is 0 Å². The van der Waals surface area contributed by atoms with Gasteiger partial charge in [0.15, 0.2) is 12.4 Å². The lowest BCUT2D eigenvalue weighted by Crippen LogP contribution is -2.13. The van der Waals surface area contributed by atoms with Crippen molar-refractivity contribution in [1.29, 1.82) is 0 Å². The van der Waals surface area contributed by atoms with E-state index in [0.29, 0.717) is 4.88 Å². The molecule has 0 aliphatic heterocycles. The number of thiophene rings is 1. The number of hydrogen-bond donors (Lipinski definition) is 0. The zero-order chi connectivity index (χ0) is 17.0. The van der Waals surface area contributed by atoms with Crippen LogP contribution in [-0.2, 0) is 4.74 Å². The predicted molar refractivity (Wildman–Crippen MR) is 83.3 cm³/mol. The molecule has 0 amide bonds. The highest BCUT2D eigenvalue weighted by Gasteiger charge is 2.20. The second kappa shape index (κ2) is 7.01. The van der Waals surface area contributed by atoms with Gasteiger partial charge in [0, 0.05) is 10.9 Å². The second-order valence-corrected chi connectivity index (χ2v) is 5.84. The third kappa shape index (κ3) is 3.92. The van der Waals surface area contributed by atoms with Gasteiger partial charge in [0.25, 0.3) is 0 Å². The minimum absolute atomic E-state index is 0.0207. The van der Waals surface area contributed by atoms with Crippen LogP contribution in [0.1, 0.15) is 24.9 Å². The minimum atomic E-state index is -0.808. The minimum Gasteiger partial charge on any atom is -0.490 e. The summed E-state index contributed by atoms with van der Waals surface area (Å²) in [4.78, 5) is 35.5. The molecular formula is C15H13NO6S. The monoisotopic (exact) mass is 335 g/mol. The molecule has 120 valence electrons. The van der Waals surface area contributed by atoms with Gasteiger partial charge in [-0.3, -0.25) is 14.9 Å². The van der Waals surface area contributed by atoms with Crippen molar-refractivity contribution in [2.75, 3.05) is 13.7 Å². The molecule has 23 heavy (non-hydrogen) atoms. The van der Waals surface area contributed by atoms with Crippen molar-refractivity contribution < 1.29 is 24.0 Å². The van der Waals surface area contributed by atoms with Crippen molar-refractivity contribution in [2.45, 2.75) is 6.92 Å². The van der Waals surface area contributed by atoms with E-state index in [4.69, 9.17) is 9.47 Å². The van der Waals surface area contributed by atoms with Gasteiger partial charge in [-0.2, -0.15) is 0 Å². The van der Waals surface area contributed by atoms with E-state index in [1.54, 1.807) is 12.1 Å². The number of Topliss-reactive ketones (excluding diaryl/α,β-unsaturated/α-hetero) is 1. The summed E-state index contributed by atoms with van der Waals surface area (Å²) in [5.74, 6) is -1.09. The van der Waals surface area contributed by atoms with Gasteiger partial charge in [-0.15, -0.1) is 11.3 Å². The first-order valence-electron chi connectivity index (χ1n) is 6.51. The topological polar surface area (TPSA) is 95.7 Å². The number of esters is 1. The first-order chi connectivity index (χ1) is 10.9. The van der Waals surface area contributed by atoms with Crippen LogP contribution in [0.4, 0.5) is 5.69 Å². The summed E-state index contributed by atoms with van der Waals surface area (Å²) in [6.45, 7) is 1.45.